The van der Waals surface area contributed by atoms with E-state index in [-0.39, 0.29) is 24.5 Å². The number of allylic oxidation sites excluding steroid dienone is 1. The molecular weight excluding hydrogens is 520 g/mol. The molecule has 200 valence electrons. The number of fused-ring (bicyclic) bond motifs is 2. The minimum absolute atomic E-state index is 0.169. The minimum Gasteiger partial charge on any atom is -0.481 e. The molecule has 2 aromatic rings. The first-order chi connectivity index (χ1) is 17.6. The zero-order valence-electron chi connectivity index (χ0n) is 21.0. The number of nitrogens with zero attached hydrogens (tertiary/aromatic N) is 1. The van der Waals surface area contributed by atoms with E-state index in [2.05, 4.69) is 5.16 Å². The van der Waals surface area contributed by atoms with Crippen LogP contribution in [0.1, 0.15) is 76.0 Å². The van der Waals surface area contributed by atoms with E-state index in [9.17, 15) is 15.0 Å². The van der Waals surface area contributed by atoms with Gasteiger partial charge in [0.2, 0.25) is 0 Å². The molecule has 5 rings (SSSR count). The number of carboxylic acids is 1. The van der Waals surface area contributed by atoms with E-state index in [4.69, 9.17) is 32.5 Å². The number of ether oxygens (including phenoxy) is 1. The summed E-state index contributed by atoms with van der Waals surface area (Å²) in [4.78, 5) is 11.7. The van der Waals surface area contributed by atoms with Crippen molar-refractivity contribution in [2.75, 3.05) is 0 Å². The van der Waals surface area contributed by atoms with Crippen LogP contribution in [0.15, 0.2) is 34.6 Å². The monoisotopic (exact) mass is 551 g/mol. The lowest BCUT2D eigenvalue weighted by atomic mass is 9.57. The normalized spacial score (nSPS) is 29.4. The van der Waals surface area contributed by atoms with Crippen LogP contribution in [0.2, 0.25) is 10.0 Å². The Balaban J connectivity index is 1.38. The van der Waals surface area contributed by atoms with Crippen LogP contribution in [0.5, 0.6) is 0 Å². The highest BCUT2D eigenvalue weighted by Crippen LogP contribution is 2.61. The second-order valence-electron chi connectivity index (χ2n) is 11.0. The molecule has 2 bridgehead atoms. The molecule has 37 heavy (non-hydrogen) atoms. The predicted molar refractivity (Wildman–Crippen MR) is 138 cm³/mol. The van der Waals surface area contributed by atoms with Gasteiger partial charge in [-0.1, -0.05) is 40.5 Å². The zero-order chi connectivity index (χ0) is 26.5. The Bertz CT molecular complexity index is 1190. The highest BCUT2D eigenvalue weighted by Gasteiger charge is 2.64. The van der Waals surface area contributed by atoms with Gasteiger partial charge in [-0.05, 0) is 76.3 Å². The third-order valence-electron chi connectivity index (χ3n) is 8.80. The first kappa shape index (κ1) is 26.7. The molecule has 1 heterocycles. The number of hydrogen-bond donors (Lipinski definition) is 2. The van der Waals surface area contributed by atoms with Crippen LogP contribution in [0.3, 0.4) is 0 Å². The SMILES string of the molecule is C/C=C(/F)C(C)(CC(=O)O)C1(O)[C@@H]2CC[C@H]1CC(OCc1c(-c3c(Cl)cccc3Cl)noc1C1CC1)C2. The topological polar surface area (TPSA) is 92.8 Å². The Labute approximate surface area is 225 Å². The van der Waals surface area contributed by atoms with E-state index in [0.717, 1.165) is 24.2 Å². The van der Waals surface area contributed by atoms with Gasteiger partial charge < -0.3 is 19.5 Å². The molecule has 0 saturated heterocycles. The molecule has 6 nitrogen and oxygen atoms in total. The number of halogens is 3. The third-order valence-corrected chi connectivity index (χ3v) is 9.43. The Kier molecular flexibility index (Phi) is 7.20. The highest BCUT2D eigenvalue weighted by molar-refractivity contribution is 6.39. The van der Waals surface area contributed by atoms with Crippen molar-refractivity contribution in [2.24, 2.45) is 17.3 Å². The average molecular weight is 552 g/mol. The van der Waals surface area contributed by atoms with E-state index in [0.29, 0.717) is 52.9 Å². The van der Waals surface area contributed by atoms with Crippen molar-refractivity contribution in [1.29, 1.82) is 0 Å². The molecule has 1 aromatic heterocycles. The van der Waals surface area contributed by atoms with Gasteiger partial charge in [0, 0.05) is 17.0 Å². The minimum atomic E-state index is -1.49. The molecule has 3 unspecified atom stereocenters. The van der Waals surface area contributed by atoms with Gasteiger partial charge >= 0.3 is 5.97 Å². The van der Waals surface area contributed by atoms with Gasteiger partial charge in [0.15, 0.2) is 0 Å². The quantitative estimate of drug-likeness (QED) is 0.339. The number of carboxylic acid groups (broad SMARTS) is 1. The summed E-state index contributed by atoms with van der Waals surface area (Å²) in [5.74, 6) is -1.15. The maximum absolute atomic E-state index is 15.1. The Morgan fingerprint density at radius 3 is 2.41 bits per heavy atom. The Hall–Kier alpha value is -1.93. The van der Waals surface area contributed by atoms with Gasteiger partial charge in [-0.3, -0.25) is 4.79 Å². The summed E-state index contributed by atoms with van der Waals surface area (Å²) >= 11 is 12.9. The molecule has 1 aromatic carbocycles. The maximum atomic E-state index is 15.1. The van der Waals surface area contributed by atoms with E-state index in [1.165, 1.54) is 13.0 Å². The van der Waals surface area contributed by atoms with Crippen LogP contribution in [0, 0.1) is 17.3 Å². The number of carbonyl (C=O) groups is 1. The van der Waals surface area contributed by atoms with Crippen molar-refractivity contribution in [3.05, 3.63) is 51.5 Å². The molecule has 0 aliphatic heterocycles. The molecule has 0 spiro atoms. The van der Waals surface area contributed by atoms with E-state index in [1.54, 1.807) is 25.1 Å². The summed E-state index contributed by atoms with van der Waals surface area (Å²) < 4.78 is 27.3. The number of aliphatic hydroxyl groups is 1. The van der Waals surface area contributed by atoms with Crippen LogP contribution in [-0.4, -0.2) is 33.0 Å². The molecular formula is C28H32Cl2FNO5. The fraction of sp³-hybridized carbons (Fsp3) is 0.571. The third kappa shape index (κ3) is 4.52. The van der Waals surface area contributed by atoms with Crippen LogP contribution in [0.4, 0.5) is 4.39 Å². The van der Waals surface area contributed by atoms with Crippen molar-refractivity contribution in [1.82, 2.24) is 5.16 Å². The van der Waals surface area contributed by atoms with Gasteiger partial charge in [-0.2, -0.15) is 0 Å². The Morgan fingerprint density at radius 2 is 1.86 bits per heavy atom. The van der Waals surface area contributed by atoms with E-state index >= 15 is 4.39 Å². The molecule has 5 atom stereocenters. The van der Waals surface area contributed by atoms with Crippen LogP contribution in [-0.2, 0) is 16.1 Å². The average Bonchev–Trinajstić information content (AvgIpc) is 3.59. The largest absolute Gasteiger partial charge is 0.481 e. The van der Waals surface area contributed by atoms with Crippen LogP contribution >= 0.6 is 23.2 Å². The van der Waals surface area contributed by atoms with Gasteiger partial charge in [0.1, 0.15) is 17.3 Å². The molecule has 3 aliphatic rings. The summed E-state index contributed by atoms with van der Waals surface area (Å²) in [7, 11) is 0. The summed E-state index contributed by atoms with van der Waals surface area (Å²) in [5.41, 5.74) is -0.914. The van der Waals surface area contributed by atoms with Crippen molar-refractivity contribution >= 4 is 29.2 Å². The number of hydrogen-bond acceptors (Lipinski definition) is 5. The fourth-order valence-electron chi connectivity index (χ4n) is 6.83. The lowest BCUT2D eigenvalue weighted by Crippen LogP contribution is -2.58. The zero-order valence-corrected chi connectivity index (χ0v) is 22.5. The summed E-state index contributed by atoms with van der Waals surface area (Å²) in [6.07, 6.45) is 5.13. The molecule has 3 fully saturated rings. The summed E-state index contributed by atoms with van der Waals surface area (Å²) in [6.45, 7) is 3.33. The lowest BCUT2D eigenvalue weighted by Gasteiger charge is -2.52. The highest BCUT2D eigenvalue weighted by atomic mass is 35.5. The summed E-state index contributed by atoms with van der Waals surface area (Å²) in [5, 5.41) is 26.8. The summed E-state index contributed by atoms with van der Waals surface area (Å²) in [6, 6.07) is 5.30. The van der Waals surface area contributed by atoms with E-state index < -0.39 is 29.2 Å². The first-order valence-electron chi connectivity index (χ1n) is 12.9. The van der Waals surface area contributed by atoms with Gasteiger partial charge in [-0.15, -0.1) is 0 Å². The second-order valence-corrected chi connectivity index (χ2v) is 11.8. The standard InChI is InChI=1S/C28H32Cl2FNO5/c1-3-22(31)27(2,13-23(33)34)28(35)16-9-10-17(28)12-18(11-16)36-14-19-25(32-37-26(19)15-7-8-15)24-20(29)5-4-6-21(24)30/h3-6,15-18,35H,7-14H2,1-2H3,(H,33,34)/b22-3+/t16-,17+,18?,27?,28?. The molecule has 2 N–H and O–H groups in total. The van der Waals surface area contributed by atoms with Crippen molar-refractivity contribution < 1.29 is 28.7 Å². The van der Waals surface area contributed by atoms with Crippen LogP contribution in [0.25, 0.3) is 11.3 Å². The fourth-order valence-corrected chi connectivity index (χ4v) is 7.40. The second kappa shape index (κ2) is 9.99. The number of benzene rings is 1. The maximum Gasteiger partial charge on any atom is 0.304 e. The molecule has 0 amide bonds. The van der Waals surface area contributed by atoms with Crippen LogP contribution < -0.4 is 0 Å². The molecule has 3 saturated carbocycles. The molecule has 3 aliphatic carbocycles. The smallest absolute Gasteiger partial charge is 0.304 e. The van der Waals surface area contributed by atoms with Crippen molar-refractivity contribution in [3.63, 3.8) is 0 Å². The number of aliphatic carboxylic acids is 1. The van der Waals surface area contributed by atoms with Gasteiger partial charge in [-0.25, -0.2) is 4.39 Å². The van der Waals surface area contributed by atoms with Gasteiger partial charge in [0.05, 0.1) is 40.2 Å². The number of aromatic nitrogens is 1. The van der Waals surface area contributed by atoms with Crippen molar-refractivity contribution in [3.8, 4) is 11.3 Å². The van der Waals surface area contributed by atoms with E-state index in [1.807, 2.05) is 0 Å². The molecule has 9 heteroatoms. The molecule has 0 radical (unpaired) electrons. The van der Waals surface area contributed by atoms with Crippen molar-refractivity contribution in [2.45, 2.75) is 83.0 Å². The van der Waals surface area contributed by atoms with Gasteiger partial charge in [0.25, 0.3) is 0 Å². The predicted octanol–water partition coefficient (Wildman–Crippen LogP) is 7.32. The Morgan fingerprint density at radius 1 is 1.24 bits per heavy atom. The number of rotatable bonds is 9. The lowest BCUT2D eigenvalue weighted by molar-refractivity contribution is -0.179. The first-order valence-corrected chi connectivity index (χ1v) is 13.7.